The fourth-order valence-electron chi connectivity index (χ4n) is 4.69. The van der Waals surface area contributed by atoms with Gasteiger partial charge >= 0.3 is 0 Å². The highest BCUT2D eigenvalue weighted by Gasteiger charge is 2.19. The van der Waals surface area contributed by atoms with E-state index >= 15 is 0 Å². The van der Waals surface area contributed by atoms with E-state index in [1.807, 2.05) is 36.0 Å². The third kappa shape index (κ3) is 4.76. The van der Waals surface area contributed by atoms with E-state index in [4.69, 9.17) is 9.47 Å². The zero-order chi connectivity index (χ0) is 24.4. The van der Waals surface area contributed by atoms with Crippen molar-refractivity contribution >= 4 is 27.5 Å². The largest absolute Gasteiger partial charge is 0.493 e. The van der Waals surface area contributed by atoms with Gasteiger partial charge in [-0.2, -0.15) is 5.10 Å². The molecular formula is C27H30N4O3S. The van der Waals surface area contributed by atoms with Gasteiger partial charge in [-0.05, 0) is 48.2 Å². The lowest BCUT2D eigenvalue weighted by atomic mass is 10.00. The minimum absolute atomic E-state index is 0.0338. The highest BCUT2D eigenvalue weighted by Crippen LogP contribution is 2.37. The van der Waals surface area contributed by atoms with E-state index in [0.29, 0.717) is 22.9 Å². The number of methoxy groups -OCH3 is 2. The van der Waals surface area contributed by atoms with Crippen molar-refractivity contribution < 1.29 is 14.3 Å². The summed E-state index contributed by atoms with van der Waals surface area (Å²) < 4.78 is 12.6. The van der Waals surface area contributed by atoms with Crippen LogP contribution in [0.25, 0.3) is 21.5 Å². The van der Waals surface area contributed by atoms with Crippen LogP contribution in [-0.4, -0.2) is 54.4 Å². The quantitative estimate of drug-likeness (QED) is 0.369. The van der Waals surface area contributed by atoms with E-state index in [9.17, 15) is 4.79 Å². The highest BCUT2D eigenvalue weighted by molar-refractivity contribution is 7.20. The molecule has 4 aromatic rings. The topological polar surface area (TPSA) is 68.6 Å². The fourth-order valence-corrected chi connectivity index (χ4v) is 5.67. The third-order valence-electron chi connectivity index (χ3n) is 6.54. The summed E-state index contributed by atoms with van der Waals surface area (Å²) in [6.45, 7) is 3.71. The van der Waals surface area contributed by atoms with Crippen molar-refractivity contribution in [2.24, 2.45) is 7.05 Å². The highest BCUT2D eigenvalue weighted by atomic mass is 32.1. The normalized spacial score (nSPS) is 13.6. The molecule has 0 unspecified atom stereocenters. The molecule has 7 nitrogen and oxygen atoms in total. The van der Waals surface area contributed by atoms with Crippen molar-refractivity contribution in [1.82, 2.24) is 20.0 Å². The summed E-state index contributed by atoms with van der Waals surface area (Å²) in [5, 5.41) is 8.75. The fraction of sp³-hybridized carbons (Fsp3) is 0.333. The Bertz CT molecular complexity index is 1360. The molecule has 0 aliphatic carbocycles. The molecule has 0 bridgehead atoms. The van der Waals surface area contributed by atoms with Crippen LogP contribution < -0.4 is 14.8 Å². The number of amides is 1. The Balaban J connectivity index is 1.22. The lowest BCUT2D eigenvalue weighted by Gasteiger charge is -2.28. The van der Waals surface area contributed by atoms with Crippen molar-refractivity contribution in [3.8, 4) is 22.8 Å². The van der Waals surface area contributed by atoms with Gasteiger partial charge in [0.15, 0.2) is 11.5 Å². The second-order valence-corrected chi connectivity index (χ2v) is 9.81. The van der Waals surface area contributed by atoms with Gasteiger partial charge in [0, 0.05) is 44.2 Å². The lowest BCUT2D eigenvalue weighted by Crippen LogP contribution is -2.33. The molecule has 1 amide bonds. The maximum absolute atomic E-state index is 12.9. The van der Waals surface area contributed by atoms with Crippen LogP contribution in [0, 0.1) is 0 Å². The van der Waals surface area contributed by atoms with Crippen molar-refractivity contribution in [2.75, 3.05) is 33.9 Å². The Hall–Kier alpha value is -3.36. The number of rotatable bonds is 8. The van der Waals surface area contributed by atoms with Crippen molar-refractivity contribution in [3.63, 3.8) is 0 Å². The first kappa shape index (κ1) is 23.4. The number of carbonyl (C=O) groups is 1. The molecule has 0 radical (unpaired) electrons. The first-order valence-corrected chi connectivity index (χ1v) is 12.7. The number of nitrogens with zero attached hydrogens (tertiary/aromatic N) is 3. The van der Waals surface area contributed by atoms with Gasteiger partial charge in [0.25, 0.3) is 5.91 Å². The zero-order valence-corrected chi connectivity index (χ0v) is 21.2. The number of thiophene rings is 1. The monoisotopic (exact) mass is 490 g/mol. The van der Waals surface area contributed by atoms with Crippen LogP contribution in [0.2, 0.25) is 0 Å². The van der Waals surface area contributed by atoms with Gasteiger partial charge in [0.2, 0.25) is 0 Å². The summed E-state index contributed by atoms with van der Waals surface area (Å²) >= 11 is 1.47. The molecule has 0 fully saturated rings. The lowest BCUT2D eigenvalue weighted by molar-refractivity contribution is 0.0955. The van der Waals surface area contributed by atoms with Crippen molar-refractivity contribution in [1.29, 1.82) is 0 Å². The van der Waals surface area contributed by atoms with Crippen molar-refractivity contribution in [2.45, 2.75) is 19.4 Å². The number of carbonyl (C=O) groups excluding carboxylic acids is 1. The van der Waals surface area contributed by atoms with Crippen LogP contribution in [0.3, 0.4) is 0 Å². The molecule has 35 heavy (non-hydrogen) atoms. The zero-order valence-electron chi connectivity index (χ0n) is 20.3. The molecule has 0 atom stereocenters. The van der Waals surface area contributed by atoms with E-state index in [2.05, 4.69) is 39.6 Å². The Morgan fingerprint density at radius 3 is 2.69 bits per heavy atom. The van der Waals surface area contributed by atoms with Crippen molar-refractivity contribution in [3.05, 3.63) is 64.5 Å². The van der Waals surface area contributed by atoms with Gasteiger partial charge in [-0.25, -0.2) is 0 Å². The second kappa shape index (κ2) is 10.1. The van der Waals surface area contributed by atoms with E-state index in [0.717, 1.165) is 53.9 Å². The third-order valence-corrected chi connectivity index (χ3v) is 7.74. The van der Waals surface area contributed by atoms with E-state index in [-0.39, 0.29) is 5.91 Å². The Morgan fingerprint density at radius 1 is 1.09 bits per heavy atom. The summed E-state index contributed by atoms with van der Waals surface area (Å²) in [7, 11) is 5.14. The Morgan fingerprint density at radius 2 is 1.89 bits per heavy atom. The maximum Gasteiger partial charge on any atom is 0.261 e. The Labute approximate surface area is 209 Å². The number of benzene rings is 2. The van der Waals surface area contributed by atoms with Crippen LogP contribution in [-0.2, 0) is 20.0 Å². The predicted octanol–water partition coefficient (Wildman–Crippen LogP) is 4.50. The maximum atomic E-state index is 12.9. The average molecular weight is 491 g/mol. The van der Waals surface area contributed by atoms with Crippen LogP contribution >= 0.6 is 11.3 Å². The van der Waals surface area contributed by atoms with E-state index in [1.54, 1.807) is 14.2 Å². The molecule has 2 aromatic carbocycles. The smallest absolute Gasteiger partial charge is 0.261 e. The first-order valence-electron chi connectivity index (χ1n) is 11.8. The summed E-state index contributed by atoms with van der Waals surface area (Å²) in [5.41, 5.74) is 4.63. The molecule has 0 saturated heterocycles. The summed E-state index contributed by atoms with van der Waals surface area (Å²) in [6.07, 6.45) is 2.03. The summed E-state index contributed by atoms with van der Waals surface area (Å²) in [4.78, 5) is 17.0. The summed E-state index contributed by atoms with van der Waals surface area (Å²) in [6, 6.07) is 16.4. The molecule has 5 rings (SSSR count). The minimum Gasteiger partial charge on any atom is -0.493 e. The number of aryl methyl sites for hydroxylation is 1. The van der Waals surface area contributed by atoms with Crippen LogP contribution in [0.4, 0.5) is 0 Å². The molecule has 2 aromatic heterocycles. The number of nitrogens with one attached hydrogen (secondary N) is 1. The number of hydrogen-bond acceptors (Lipinski definition) is 6. The molecule has 1 aliphatic rings. The van der Waals surface area contributed by atoms with Crippen LogP contribution in [0.1, 0.15) is 27.2 Å². The molecule has 3 heterocycles. The molecule has 0 spiro atoms. The van der Waals surface area contributed by atoms with Gasteiger partial charge in [-0.3, -0.25) is 14.4 Å². The van der Waals surface area contributed by atoms with E-state index in [1.165, 1.54) is 22.5 Å². The van der Waals surface area contributed by atoms with Crippen LogP contribution in [0.5, 0.6) is 11.5 Å². The molecular weight excluding hydrogens is 460 g/mol. The van der Waals surface area contributed by atoms with Crippen LogP contribution in [0.15, 0.2) is 48.5 Å². The van der Waals surface area contributed by atoms with Gasteiger partial charge in [0.05, 0.1) is 19.1 Å². The minimum atomic E-state index is -0.0338. The summed E-state index contributed by atoms with van der Waals surface area (Å²) in [5.74, 6) is 1.28. The van der Waals surface area contributed by atoms with Gasteiger partial charge in [-0.15, -0.1) is 11.3 Å². The molecule has 182 valence electrons. The number of aromatic nitrogens is 2. The SMILES string of the molecule is COc1ccc(-c2nn(C)c3sc(C(=O)NCCCN4CCc5ccccc5C4)cc23)cc1OC. The second-order valence-electron chi connectivity index (χ2n) is 8.78. The average Bonchev–Trinajstić information content (AvgIpc) is 3.46. The first-order chi connectivity index (χ1) is 17.1. The number of hydrogen-bond donors (Lipinski definition) is 1. The van der Waals surface area contributed by atoms with E-state index < -0.39 is 0 Å². The Kier molecular flexibility index (Phi) is 6.74. The molecule has 8 heteroatoms. The molecule has 1 N–H and O–H groups in total. The van der Waals surface area contributed by atoms with Gasteiger partial charge in [-0.1, -0.05) is 24.3 Å². The standard InChI is InChI=1S/C27H30N4O3S/c1-30-27-21(25(29-30)19-9-10-22(33-2)23(15-19)34-3)16-24(35-27)26(32)28-12-6-13-31-14-11-18-7-4-5-8-20(18)17-31/h4-5,7-10,15-16H,6,11-14,17H2,1-3H3,(H,28,32). The molecule has 1 aliphatic heterocycles. The van der Waals surface area contributed by atoms with Gasteiger partial charge < -0.3 is 14.8 Å². The predicted molar refractivity (Wildman–Crippen MR) is 140 cm³/mol. The number of ether oxygens (including phenoxy) is 2. The molecule has 0 saturated carbocycles. The van der Waals surface area contributed by atoms with Gasteiger partial charge in [0.1, 0.15) is 10.5 Å². The number of fused-ring (bicyclic) bond motifs is 2.